The smallest absolute Gasteiger partial charge is 0.358 e. The standard InChI is InChI=1S/C14H18N4O4S2/c19-13(20)9-11(17-1-5-23-6-2-17)16-12(10(15-9)14(21)22)18-3-7-24-8-4-18/h1-8H2,(H,19,20)(H,21,22). The van der Waals surface area contributed by atoms with Crippen LogP contribution in [-0.4, -0.2) is 81.3 Å². The van der Waals surface area contributed by atoms with Crippen molar-refractivity contribution in [2.75, 3.05) is 59.0 Å². The van der Waals surface area contributed by atoms with E-state index in [0.717, 1.165) is 23.0 Å². The molecular formula is C14H18N4O4S2. The number of carboxylic acid groups (broad SMARTS) is 2. The summed E-state index contributed by atoms with van der Waals surface area (Å²) in [5, 5.41) is 18.9. The number of carbonyl (C=O) groups is 2. The summed E-state index contributed by atoms with van der Waals surface area (Å²) in [5.74, 6) is 1.60. The Kier molecular flexibility index (Phi) is 5.34. The molecule has 3 heterocycles. The predicted molar refractivity (Wildman–Crippen MR) is 95.0 cm³/mol. The third kappa shape index (κ3) is 3.54. The van der Waals surface area contributed by atoms with E-state index in [9.17, 15) is 19.8 Å². The second-order valence-electron chi connectivity index (χ2n) is 5.38. The van der Waals surface area contributed by atoms with Crippen LogP contribution in [0.3, 0.4) is 0 Å². The van der Waals surface area contributed by atoms with Gasteiger partial charge in [-0.3, -0.25) is 0 Å². The van der Waals surface area contributed by atoms with E-state index in [1.165, 1.54) is 0 Å². The van der Waals surface area contributed by atoms with Crippen molar-refractivity contribution in [2.24, 2.45) is 0 Å². The van der Waals surface area contributed by atoms with Crippen LogP contribution in [0.1, 0.15) is 21.0 Å². The molecular weight excluding hydrogens is 352 g/mol. The van der Waals surface area contributed by atoms with Crippen LogP contribution in [-0.2, 0) is 0 Å². The maximum absolute atomic E-state index is 11.6. The molecule has 0 saturated carbocycles. The average molecular weight is 370 g/mol. The van der Waals surface area contributed by atoms with Crippen molar-refractivity contribution in [3.05, 3.63) is 11.4 Å². The van der Waals surface area contributed by atoms with Crippen LogP contribution in [0, 0.1) is 0 Å². The highest BCUT2D eigenvalue weighted by Crippen LogP contribution is 2.28. The molecule has 0 unspecified atom stereocenters. The SMILES string of the molecule is O=C(O)c1nc(C(=O)O)c(N2CCSCC2)nc1N1CCSCC1. The zero-order valence-electron chi connectivity index (χ0n) is 13.0. The lowest BCUT2D eigenvalue weighted by atomic mass is 10.3. The van der Waals surface area contributed by atoms with Gasteiger partial charge < -0.3 is 20.0 Å². The fourth-order valence-corrected chi connectivity index (χ4v) is 4.50. The molecule has 8 nitrogen and oxygen atoms in total. The van der Waals surface area contributed by atoms with Crippen molar-refractivity contribution in [3.8, 4) is 0 Å². The molecule has 3 rings (SSSR count). The fraction of sp³-hybridized carbons (Fsp3) is 0.571. The van der Waals surface area contributed by atoms with Gasteiger partial charge >= 0.3 is 11.9 Å². The van der Waals surface area contributed by atoms with Gasteiger partial charge in [0, 0.05) is 49.2 Å². The van der Waals surface area contributed by atoms with Crippen LogP contribution in [0.5, 0.6) is 0 Å². The molecule has 1 aromatic heterocycles. The topological polar surface area (TPSA) is 107 Å². The van der Waals surface area contributed by atoms with E-state index in [2.05, 4.69) is 9.97 Å². The Balaban J connectivity index is 2.08. The summed E-state index contributed by atoms with van der Waals surface area (Å²) >= 11 is 3.61. The fourth-order valence-electron chi connectivity index (χ4n) is 2.70. The van der Waals surface area contributed by atoms with E-state index in [1.54, 1.807) is 23.5 Å². The van der Waals surface area contributed by atoms with Gasteiger partial charge in [0.25, 0.3) is 0 Å². The first-order valence-corrected chi connectivity index (χ1v) is 9.93. The molecule has 2 fully saturated rings. The monoisotopic (exact) mass is 370 g/mol. The number of carboxylic acids is 2. The van der Waals surface area contributed by atoms with Crippen LogP contribution >= 0.6 is 23.5 Å². The summed E-state index contributed by atoms with van der Waals surface area (Å²) in [5.41, 5.74) is -0.566. The molecule has 1 aromatic rings. The average Bonchev–Trinajstić information content (AvgIpc) is 2.62. The number of aromatic carboxylic acids is 2. The summed E-state index contributed by atoms with van der Waals surface area (Å²) in [6.45, 7) is 2.73. The van der Waals surface area contributed by atoms with Gasteiger partial charge in [0.2, 0.25) is 0 Å². The Morgan fingerprint density at radius 3 is 1.46 bits per heavy atom. The molecule has 2 aliphatic heterocycles. The zero-order valence-corrected chi connectivity index (χ0v) is 14.6. The molecule has 0 atom stereocenters. The Hall–Kier alpha value is -1.68. The van der Waals surface area contributed by atoms with E-state index in [0.29, 0.717) is 26.2 Å². The highest BCUT2D eigenvalue weighted by atomic mass is 32.2. The molecule has 130 valence electrons. The van der Waals surface area contributed by atoms with Gasteiger partial charge in [-0.05, 0) is 0 Å². The molecule has 2 N–H and O–H groups in total. The molecule has 0 spiro atoms. The van der Waals surface area contributed by atoms with Crippen molar-refractivity contribution in [3.63, 3.8) is 0 Å². The molecule has 10 heteroatoms. The van der Waals surface area contributed by atoms with Gasteiger partial charge in [-0.25, -0.2) is 19.6 Å². The Bertz CT molecular complexity index is 595. The Labute approximate surface area is 147 Å². The maximum atomic E-state index is 11.6. The summed E-state index contributed by atoms with van der Waals surface area (Å²) in [6, 6.07) is 0. The zero-order chi connectivity index (χ0) is 17.1. The largest absolute Gasteiger partial charge is 0.476 e. The quantitative estimate of drug-likeness (QED) is 0.796. The highest BCUT2D eigenvalue weighted by molar-refractivity contribution is 7.99. The van der Waals surface area contributed by atoms with Crippen molar-refractivity contribution >= 4 is 47.1 Å². The van der Waals surface area contributed by atoms with Crippen LogP contribution < -0.4 is 9.80 Å². The number of rotatable bonds is 4. The minimum absolute atomic E-state index is 0.279. The van der Waals surface area contributed by atoms with E-state index >= 15 is 0 Å². The predicted octanol–water partition coefficient (Wildman–Crippen LogP) is 0.979. The molecule has 0 amide bonds. The van der Waals surface area contributed by atoms with E-state index in [-0.39, 0.29) is 23.0 Å². The molecule has 2 aliphatic rings. The summed E-state index contributed by atoms with van der Waals surface area (Å²) in [7, 11) is 0. The minimum atomic E-state index is -1.25. The minimum Gasteiger partial charge on any atom is -0.476 e. The number of nitrogens with zero attached hydrogens (tertiary/aromatic N) is 4. The number of hydrogen-bond donors (Lipinski definition) is 2. The third-order valence-corrected chi connectivity index (χ3v) is 5.77. The molecule has 2 saturated heterocycles. The summed E-state index contributed by atoms with van der Waals surface area (Å²) in [4.78, 5) is 35.4. The lowest BCUT2D eigenvalue weighted by Gasteiger charge is -2.32. The van der Waals surface area contributed by atoms with Gasteiger partial charge in [0.1, 0.15) is 0 Å². The van der Waals surface area contributed by atoms with Gasteiger partial charge in [-0.15, -0.1) is 0 Å². The second-order valence-corrected chi connectivity index (χ2v) is 7.83. The van der Waals surface area contributed by atoms with Crippen molar-refractivity contribution < 1.29 is 19.8 Å². The van der Waals surface area contributed by atoms with Gasteiger partial charge in [0.05, 0.1) is 0 Å². The van der Waals surface area contributed by atoms with Gasteiger partial charge in [0.15, 0.2) is 23.0 Å². The molecule has 0 aliphatic carbocycles. The third-order valence-electron chi connectivity index (χ3n) is 3.89. The van der Waals surface area contributed by atoms with Crippen LogP contribution in [0.2, 0.25) is 0 Å². The number of hydrogen-bond acceptors (Lipinski definition) is 8. The summed E-state index contributed by atoms with van der Waals surface area (Å²) < 4.78 is 0. The molecule has 24 heavy (non-hydrogen) atoms. The lowest BCUT2D eigenvalue weighted by Crippen LogP contribution is -2.38. The normalized spacial score (nSPS) is 18.5. The first kappa shape index (κ1) is 17.2. The van der Waals surface area contributed by atoms with Gasteiger partial charge in [-0.1, -0.05) is 0 Å². The number of anilines is 2. The Morgan fingerprint density at radius 2 is 1.12 bits per heavy atom. The van der Waals surface area contributed by atoms with E-state index in [1.807, 2.05) is 9.80 Å². The van der Waals surface area contributed by atoms with Crippen molar-refractivity contribution in [2.45, 2.75) is 0 Å². The lowest BCUT2D eigenvalue weighted by molar-refractivity contribution is 0.0685. The van der Waals surface area contributed by atoms with E-state index < -0.39 is 11.9 Å². The van der Waals surface area contributed by atoms with Crippen LogP contribution in [0.25, 0.3) is 0 Å². The molecule has 0 bridgehead atoms. The first-order valence-electron chi connectivity index (χ1n) is 7.62. The molecule has 0 radical (unpaired) electrons. The van der Waals surface area contributed by atoms with E-state index in [4.69, 9.17) is 0 Å². The second kappa shape index (κ2) is 7.47. The highest BCUT2D eigenvalue weighted by Gasteiger charge is 2.29. The first-order chi connectivity index (χ1) is 11.6. The van der Waals surface area contributed by atoms with Crippen molar-refractivity contribution in [1.29, 1.82) is 0 Å². The van der Waals surface area contributed by atoms with Crippen molar-refractivity contribution in [1.82, 2.24) is 9.97 Å². The molecule has 0 aromatic carbocycles. The number of aromatic nitrogens is 2. The summed E-state index contributed by atoms with van der Waals surface area (Å²) in [6.07, 6.45) is 0. The van der Waals surface area contributed by atoms with Crippen LogP contribution in [0.4, 0.5) is 11.6 Å². The number of thioether (sulfide) groups is 2. The van der Waals surface area contributed by atoms with Gasteiger partial charge in [-0.2, -0.15) is 23.5 Å². The maximum Gasteiger partial charge on any atom is 0.358 e. The Morgan fingerprint density at radius 1 is 0.750 bits per heavy atom. The van der Waals surface area contributed by atoms with Crippen LogP contribution in [0.15, 0.2) is 0 Å².